The number of pyridine rings is 1. The summed E-state index contributed by atoms with van der Waals surface area (Å²) in [6, 6.07) is 6.84. The number of rotatable bonds is 7. The first kappa shape index (κ1) is 16.6. The summed E-state index contributed by atoms with van der Waals surface area (Å²) in [5, 5.41) is 7.92. The van der Waals surface area contributed by atoms with Crippen LogP contribution in [0.2, 0.25) is 0 Å². The van der Waals surface area contributed by atoms with Crippen molar-refractivity contribution in [3.05, 3.63) is 30.1 Å². The normalized spacial score (nSPS) is 14.8. The van der Waals surface area contributed by atoms with E-state index in [9.17, 15) is 8.42 Å². The molecule has 5 nitrogen and oxygen atoms in total. The van der Waals surface area contributed by atoms with E-state index in [4.69, 9.17) is 5.26 Å². The van der Waals surface area contributed by atoms with Crippen LogP contribution in [0.3, 0.4) is 0 Å². The first-order valence-electron chi connectivity index (χ1n) is 6.72. The molecule has 2 atom stereocenters. The van der Waals surface area contributed by atoms with Gasteiger partial charge in [-0.05, 0) is 30.9 Å². The molecule has 0 aliphatic carbocycles. The fourth-order valence-corrected chi connectivity index (χ4v) is 3.30. The highest BCUT2D eigenvalue weighted by molar-refractivity contribution is 7.90. The average molecular weight is 295 g/mol. The molecule has 110 valence electrons. The van der Waals surface area contributed by atoms with Crippen LogP contribution in [0.4, 0.5) is 0 Å². The van der Waals surface area contributed by atoms with E-state index < -0.39 is 21.3 Å². The second-order valence-electron chi connectivity index (χ2n) is 5.13. The van der Waals surface area contributed by atoms with Crippen molar-refractivity contribution in [3.63, 3.8) is 0 Å². The second-order valence-corrected chi connectivity index (χ2v) is 7.02. The van der Waals surface area contributed by atoms with Crippen molar-refractivity contribution in [3.8, 4) is 6.07 Å². The topological polar surface area (TPSA) is 82.8 Å². The molecule has 1 rings (SSSR count). The van der Waals surface area contributed by atoms with Gasteiger partial charge in [-0.2, -0.15) is 5.26 Å². The summed E-state index contributed by atoms with van der Waals surface area (Å²) in [7, 11) is -3.67. The summed E-state index contributed by atoms with van der Waals surface area (Å²) in [6.45, 7) is 5.73. The third-order valence-corrected chi connectivity index (χ3v) is 4.75. The molecule has 0 spiro atoms. The lowest BCUT2D eigenvalue weighted by Crippen LogP contribution is -2.36. The van der Waals surface area contributed by atoms with Crippen LogP contribution in [0, 0.1) is 17.2 Å². The van der Waals surface area contributed by atoms with Gasteiger partial charge in [0.1, 0.15) is 0 Å². The summed E-state index contributed by atoms with van der Waals surface area (Å²) in [6.07, 6.45) is 2.54. The van der Waals surface area contributed by atoms with Gasteiger partial charge in [-0.25, -0.2) is 13.1 Å². The van der Waals surface area contributed by atoms with Crippen LogP contribution in [-0.2, 0) is 10.0 Å². The minimum Gasteiger partial charge on any atom is -0.260 e. The predicted octanol–water partition coefficient (Wildman–Crippen LogP) is 2.39. The molecule has 1 heterocycles. The van der Waals surface area contributed by atoms with Gasteiger partial charge < -0.3 is 0 Å². The zero-order valence-electron chi connectivity index (χ0n) is 12.1. The summed E-state index contributed by atoms with van der Waals surface area (Å²) in [4.78, 5) is 4.22. The number of nitrogens with zero attached hydrogens (tertiary/aromatic N) is 2. The zero-order chi connectivity index (χ0) is 15.2. The minimum atomic E-state index is -3.67. The van der Waals surface area contributed by atoms with Crippen LogP contribution in [0.25, 0.3) is 0 Å². The Morgan fingerprint density at radius 1 is 1.40 bits per heavy atom. The van der Waals surface area contributed by atoms with Crippen LogP contribution >= 0.6 is 0 Å². The number of aromatic nitrogens is 1. The monoisotopic (exact) mass is 295 g/mol. The van der Waals surface area contributed by atoms with E-state index in [0.717, 1.165) is 0 Å². The van der Waals surface area contributed by atoms with Gasteiger partial charge in [-0.1, -0.05) is 26.8 Å². The summed E-state index contributed by atoms with van der Waals surface area (Å²) in [5.41, 5.74) is 0.678. The van der Waals surface area contributed by atoms with Crippen LogP contribution in [0.5, 0.6) is 0 Å². The Morgan fingerprint density at radius 3 is 2.55 bits per heavy atom. The van der Waals surface area contributed by atoms with Gasteiger partial charge >= 0.3 is 0 Å². The maximum atomic E-state index is 12.2. The molecular weight excluding hydrogens is 274 g/mol. The average Bonchev–Trinajstić information content (AvgIpc) is 2.39. The van der Waals surface area contributed by atoms with E-state index in [1.807, 2.05) is 26.0 Å². The standard InChI is InChI=1S/C14H21N3O2S/c1-4-12(10-15)20(18,19)17-14(9-11(2)3)13-7-5-6-8-16-13/h5-8,11-12,14,17H,4,9H2,1-3H3/t12-,14-/m1/s1. The highest BCUT2D eigenvalue weighted by Gasteiger charge is 2.28. The molecule has 1 N–H and O–H groups in total. The Balaban J connectivity index is 3.00. The number of sulfonamides is 1. The molecule has 0 amide bonds. The van der Waals surface area contributed by atoms with Crippen LogP contribution in [-0.4, -0.2) is 18.7 Å². The Labute approximate surface area is 121 Å². The second kappa shape index (κ2) is 7.36. The van der Waals surface area contributed by atoms with Crippen LogP contribution in [0.15, 0.2) is 24.4 Å². The first-order valence-corrected chi connectivity index (χ1v) is 8.27. The highest BCUT2D eigenvalue weighted by atomic mass is 32.2. The van der Waals surface area contributed by atoms with E-state index in [0.29, 0.717) is 18.0 Å². The molecule has 0 aliphatic rings. The molecule has 0 bridgehead atoms. The van der Waals surface area contributed by atoms with Crippen LogP contribution in [0.1, 0.15) is 45.3 Å². The van der Waals surface area contributed by atoms with E-state index in [1.54, 1.807) is 25.3 Å². The molecule has 0 saturated heterocycles. The maximum absolute atomic E-state index is 12.2. The molecule has 0 aromatic carbocycles. The van der Waals surface area contributed by atoms with Gasteiger partial charge in [0, 0.05) is 6.20 Å². The van der Waals surface area contributed by atoms with Crippen molar-refractivity contribution in [2.75, 3.05) is 0 Å². The van der Waals surface area contributed by atoms with Crippen molar-refractivity contribution < 1.29 is 8.42 Å². The Hall–Kier alpha value is -1.45. The SMILES string of the molecule is CC[C@H](C#N)S(=O)(=O)N[C@H](CC(C)C)c1ccccn1. The smallest absolute Gasteiger partial charge is 0.228 e. The van der Waals surface area contributed by atoms with E-state index in [-0.39, 0.29) is 6.42 Å². The Kier molecular flexibility index (Phi) is 6.11. The largest absolute Gasteiger partial charge is 0.260 e. The van der Waals surface area contributed by atoms with E-state index in [1.165, 1.54) is 0 Å². The zero-order valence-corrected chi connectivity index (χ0v) is 12.9. The molecule has 20 heavy (non-hydrogen) atoms. The highest BCUT2D eigenvalue weighted by Crippen LogP contribution is 2.21. The molecular formula is C14H21N3O2S. The van der Waals surface area contributed by atoms with Crippen molar-refractivity contribution >= 4 is 10.0 Å². The Bertz CT molecular complexity index is 550. The van der Waals surface area contributed by atoms with Crippen molar-refractivity contribution in [2.24, 2.45) is 5.92 Å². The van der Waals surface area contributed by atoms with Crippen molar-refractivity contribution in [1.29, 1.82) is 5.26 Å². The number of nitrogens with one attached hydrogen (secondary N) is 1. The van der Waals surface area contributed by atoms with Crippen molar-refractivity contribution in [2.45, 2.75) is 44.9 Å². The first-order chi connectivity index (χ1) is 9.40. The molecule has 0 fully saturated rings. The molecule has 0 aliphatic heterocycles. The van der Waals surface area contributed by atoms with E-state index in [2.05, 4.69) is 9.71 Å². The lowest BCUT2D eigenvalue weighted by Gasteiger charge is -2.21. The van der Waals surface area contributed by atoms with Gasteiger partial charge in [-0.3, -0.25) is 4.98 Å². The molecule has 1 aromatic rings. The Morgan fingerprint density at radius 2 is 2.10 bits per heavy atom. The van der Waals surface area contributed by atoms with E-state index >= 15 is 0 Å². The van der Waals surface area contributed by atoms with Gasteiger partial charge in [0.05, 0.1) is 17.8 Å². The molecule has 0 radical (unpaired) electrons. The number of hydrogen-bond acceptors (Lipinski definition) is 4. The fraction of sp³-hybridized carbons (Fsp3) is 0.571. The van der Waals surface area contributed by atoms with Gasteiger partial charge in [0.15, 0.2) is 5.25 Å². The lowest BCUT2D eigenvalue weighted by molar-refractivity contribution is 0.463. The third-order valence-electron chi connectivity index (χ3n) is 2.95. The molecule has 0 saturated carbocycles. The van der Waals surface area contributed by atoms with Crippen LogP contribution < -0.4 is 4.72 Å². The summed E-state index contributed by atoms with van der Waals surface area (Å²) < 4.78 is 27.0. The molecule has 6 heteroatoms. The minimum absolute atomic E-state index is 0.266. The predicted molar refractivity (Wildman–Crippen MR) is 78.2 cm³/mol. The van der Waals surface area contributed by atoms with Gasteiger partial charge in [0.2, 0.25) is 10.0 Å². The maximum Gasteiger partial charge on any atom is 0.228 e. The summed E-state index contributed by atoms with van der Waals surface area (Å²) in [5.74, 6) is 0.312. The number of hydrogen-bond donors (Lipinski definition) is 1. The summed E-state index contributed by atoms with van der Waals surface area (Å²) >= 11 is 0. The third kappa shape index (κ3) is 4.58. The number of nitriles is 1. The lowest BCUT2D eigenvalue weighted by atomic mass is 10.0. The van der Waals surface area contributed by atoms with Crippen molar-refractivity contribution in [1.82, 2.24) is 9.71 Å². The van der Waals surface area contributed by atoms with Gasteiger partial charge in [-0.15, -0.1) is 0 Å². The molecule has 0 unspecified atom stereocenters. The molecule has 1 aromatic heterocycles. The van der Waals surface area contributed by atoms with Gasteiger partial charge in [0.25, 0.3) is 0 Å². The quantitative estimate of drug-likeness (QED) is 0.837. The fourth-order valence-electron chi connectivity index (χ4n) is 1.94.